The molecule has 0 fully saturated rings. The predicted octanol–water partition coefficient (Wildman–Crippen LogP) is 5.49. The van der Waals surface area contributed by atoms with Crippen LogP contribution in [0.5, 0.6) is 23.0 Å². The second-order valence-electron chi connectivity index (χ2n) is 7.97. The SMILES string of the molecule is CC(C)(C)c1ccc(O)c(Oc2cc(C(C)(C)C)ccc2O)c1. The highest BCUT2D eigenvalue weighted by Gasteiger charge is 2.19. The van der Waals surface area contributed by atoms with E-state index in [9.17, 15) is 10.2 Å². The van der Waals surface area contributed by atoms with E-state index >= 15 is 0 Å². The van der Waals surface area contributed by atoms with Crippen LogP contribution in [0.25, 0.3) is 0 Å². The second kappa shape index (κ2) is 5.80. The number of benzene rings is 2. The molecule has 2 rings (SSSR count). The van der Waals surface area contributed by atoms with Crippen molar-refractivity contribution in [2.24, 2.45) is 0 Å². The van der Waals surface area contributed by atoms with E-state index in [0.717, 1.165) is 11.1 Å². The maximum atomic E-state index is 10.1. The Morgan fingerprint density at radius 2 is 1.00 bits per heavy atom. The molecule has 0 unspecified atom stereocenters. The lowest BCUT2D eigenvalue weighted by Crippen LogP contribution is -2.11. The van der Waals surface area contributed by atoms with Crippen molar-refractivity contribution in [3.8, 4) is 23.0 Å². The Bertz CT molecular complexity index is 642. The van der Waals surface area contributed by atoms with Crippen molar-refractivity contribution in [3.05, 3.63) is 47.5 Å². The quantitative estimate of drug-likeness (QED) is 0.771. The van der Waals surface area contributed by atoms with E-state index in [4.69, 9.17) is 4.74 Å². The van der Waals surface area contributed by atoms with Crippen LogP contribution in [0.4, 0.5) is 0 Å². The van der Waals surface area contributed by atoms with Gasteiger partial charge in [0.1, 0.15) is 0 Å². The standard InChI is InChI=1S/C20H26O3/c1-19(2,3)13-7-9-15(21)17(11-13)23-18-12-14(20(4,5)6)8-10-16(18)22/h7-12,21-22H,1-6H3. The van der Waals surface area contributed by atoms with E-state index in [0.29, 0.717) is 11.5 Å². The Kier molecular flexibility index (Phi) is 4.34. The fourth-order valence-electron chi connectivity index (χ4n) is 2.24. The average Bonchev–Trinajstić information content (AvgIpc) is 2.41. The van der Waals surface area contributed by atoms with Crippen LogP contribution in [-0.2, 0) is 10.8 Å². The Balaban J connectivity index is 2.43. The van der Waals surface area contributed by atoms with Crippen molar-refractivity contribution in [1.29, 1.82) is 0 Å². The highest BCUT2D eigenvalue weighted by molar-refractivity contribution is 5.50. The number of rotatable bonds is 2. The van der Waals surface area contributed by atoms with Gasteiger partial charge in [-0.3, -0.25) is 0 Å². The lowest BCUT2D eigenvalue weighted by molar-refractivity contribution is 0.382. The van der Waals surface area contributed by atoms with Gasteiger partial charge in [0.05, 0.1) is 0 Å². The van der Waals surface area contributed by atoms with Crippen LogP contribution in [0, 0.1) is 0 Å². The maximum absolute atomic E-state index is 10.1. The third-order valence-electron chi connectivity index (χ3n) is 3.87. The van der Waals surface area contributed by atoms with Crippen LogP contribution in [-0.4, -0.2) is 10.2 Å². The van der Waals surface area contributed by atoms with Crippen molar-refractivity contribution < 1.29 is 14.9 Å². The van der Waals surface area contributed by atoms with Crippen LogP contribution >= 0.6 is 0 Å². The van der Waals surface area contributed by atoms with Crippen molar-refractivity contribution in [2.75, 3.05) is 0 Å². The molecule has 2 aromatic rings. The van der Waals surface area contributed by atoms with Crippen molar-refractivity contribution in [1.82, 2.24) is 0 Å². The van der Waals surface area contributed by atoms with E-state index in [-0.39, 0.29) is 22.3 Å². The predicted molar refractivity (Wildman–Crippen MR) is 93.7 cm³/mol. The first-order chi connectivity index (χ1) is 10.5. The van der Waals surface area contributed by atoms with E-state index < -0.39 is 0 Å². The highest BCUT2D eigenvalue weighted by Crippen LogP contribution is 2.39. The summed E-state index contributed by atoms with van der Waals surface area (Å²) in [6, 6.07) is 10.7. The van der Waals surface area contributed by atoms with Crippen LogP contribution in [0.1, 0.15) is 52.7 Å². The third kappa shape index (κ3) is 3.98. The minimum absolute atomic E-state index is 0.0542. The van der Waals surface area contributed by atoms with Gasteiger partial charge in [0, 0.05) is 0 Å². The molecule has 0 aliphatic heterocycles. The summed E-state index contributed by atoms with van der Waals surface area (Å²) in [6.07, 6.45) is 0. The maximum Gasteiger partial charge on any atom is 0.169 e. The number of phenols is 2. The molecule has 0 heterocycles. The van der Waals surface area contributed by atoms with E-state index in [2.05, 4.69) is 41.5 Å². The molecule has 0 saturated carbocycles. The van der Waals surface area contributed by atoms with Gasteiger partial charge in [-0.05, 0) is 46.2 Å². The topological polar surface area (TPSA) is 49.7 Å². The first-order valence-corrected chi connectivity index (χ1v) is 7.83. The second-order valence-corrected chi connectivity index (χ2v) is 7.97. The summed E-state index contributed by atoms with van der Waals surface area (Å²) in [6.45, 7) is 12.6. The normalized spacial score (nSPS) is 12.3. The summed E-state index contributed by atoms with van der Waals surface area (Å²) in [4.78, 5) is 0. The molecular formula is C20H26O3. The Labute approximate surface area is 138 Å². The highest BCUT2D eigenvalue weighted by atomic mass is 16.5. The third-order valence-corrected chi connectivity index (χ3v) is 3.87. The zero-order valence-corrected chi connectivity index (χ0v) is 14.8. The van der Waals surface area contributed by atoms with Gasteiger partial charge in [-0.15, -0.1) is 0 Å². The molecule has 3 heteroatoms. The zero-order valence-electron chi connectivity index (χ0n) is 14.8. The van der Waals surface area contributed by atoms with Crippen molar-refractivity contribution >= 4 is 0 Å². The Hall–Kier alpha value is -2.16. The summed E-state index contributed by atoms with van der Waals surface area (Å²) in [5.74, 6) is 0.801. The first kappa shape index (κ1) is 17.2. The number of phenolic OH excluding ortho intramolecular Hbond substituents is 2. The summed E-state index contributed by atoms with van der Waals surface area (Å²) < 4.78 is 5.81. The monoisotopic (exact) mass is 314 g/mol. The summed E-state index contributed by atoms with van der Waals surface area (Å²) in [5.41, 5.74) is 2.00. The number of aromatic hydroxyl groups is 2. The molecule has 0 bridgehead atoms. The zero-order chi connectivity index (χ0) is 17.4. The van der Waals surface area contributed by atoms with Crippen molar-refractivity contribution in [3.63, 3.8) is 0 Å². The van der Waals surface area contributed by atoms with Gasteiger partial charge in [0.15, 0.2) is 23.0 Å². The smallest absolute Gasteiger partial charge is 0.169 e. The van der Waals surface area contributed by atoms with Gasteiger partial charge in [0.25, 0.3) is 0 Å². The minimum atomic E-state index is -0.0545. The number of ether oxygens (including phenoxy) is 1. The number of hydrogen-bond acceptors (Lipinski definition) is 3. The molecule has 0 spiro atoms. The molecule has 0 saturated heterocycles. The molecule has 0 aromatic heterocycles. The van der Waals surface area contributed by atoms with Gasteiger partial charge < -0.3 is 14.9 Å². The van der Waals surface area contributed by atoms with Crippen LogP contribution in [0.15, 0.2) is 36.4 Å². The van der Waals surface area contributed by atoms with Crippen LogP contribution in [0.2, 0.25) is 0 Å². The Morgan fingerprint density at radius 1 is 0.652 bits per heavy atom. The average molecular weight is 314 g/mol. The summed E-state index contributed by atoms with van der Waals surface area (Å²) in [7, 11) is 0. The molecule has 124 valence electrons. The van der Waals surface area contributed by atoms with E-state index in [1.807, 2.05) is 24.3 Å². The lowest BCUT2D eigenvalue weighted by atomic mass is 9.86. The summed E-state index contributed by atoms with van der Waals surface area (Å²) in [5, 5.41) is 20.2. The molecule has 0 atom stereocenters. The molecule has 0 amide bonds. The molecule has 0 radical (unpaired) electrons. The molecule has 0 aliphatic rings. The van der Waals surface area contributed by atoms with Crippen LogP contribution in [0.3, 0.4) is 0 Å². The molecule has 2 N–H and O–H groups in total. The van der Waals surface area contributed by atoms with Gasteiger partial charge in [-0.2, -0.15) is 0 Å². The van der Waals surface area contributed by atoms with E-state index in [1.165, 1.54) is 0 Å². The van der Waals surface area contributed by atoms with Gasteiger partial charge in [0.2, 0.25) is 0 Å². The summed E-state index contributed by atoms with van der Waals surface area (Å²) >= 11 is 0. The molecule has 0 aliphatic carbocycles. The van der Waals surface area contributed by atoms with Gasteiger partial charge >= 0.3 is 0 Å². The van der Waals surface area contributed by atoms with Gasteiger partial charge in [-0.1, -0.05) is 53.7 Å². The molecular weight excluding hydrogens is 288 g/mol. The molecule has 3 nitrogen and oxygen atoms in total. The molecule has 2 aromatic carbocycles. The molecule has 23 heavy (non-hydrogen) atoms. The van der Waals surface area contributed by atoms with Gasteiger partial charge in [-0.25, -0.2) is 0 Å². The fourth-order valence-corrected chi connectivity index (χ4v) is 2.24. The fraction of sp³-hybridized carbons (Fsp3) is 0.400. The largest absolute Gasteiger partial charge is 0.504 e. The Morgan fingerprint density at radius 3 is 1.30 bits per heavy atom. The lowest BCUT2D eigenvalue weighted by Gasteiger charge is -2.22. The van der Waals surface area contributed by atoms with E-state index in [1.54, 1.807) is 12.1 Å². The number of hydrogen-bond donors (Lipinski definition) is 2. The van der Waals surface area contributed by atoms with Crippen molar-refractivity contribution in [2.45, 2.75) is 52.4 Å². The first-order valence-electron chi connectivity index (χ1n) is 7.83. The van der Waals surface area contributed by atoms with Crippen LogP contribution < -0.4 is 4.74 Å². The minimum Gasteiger partial charge on any atom is -0.504 e.